The zero-order chi connectivity index (χ0) is 20.4. The SMILES string of the molecule is COc1cccc(COc2ccc3c(c2C)O/C(=C\c2ccc(F)cc2)C3=O)c1. The summed E-state index contributed by atoms with van der Waals surface area (Å²) in [6.07, 6.45) is 1.61. The van der Waals surface area contributed by atoms with Crippen LogP contribution in [0.3, 0.4) is 0 Å². The van der Waals surface area contributed by atoms with Crippen molar-refractivity contribution >= 4 is 11.9 Å². The lowest BCUT2D eigenvalue weighted by Crippen LogP contribution is -1.99. The maximum absolute atomic E-state index is 13.1. The van der Waals surface area contributed by atoms with Crippen LogP contribution in [0.15, 0.2) is 66.4 Å². The second-order valence-electron chi connectivity index (χ2n) is 6.70. The molecule has 0 spiro atoms. The van der Waals surface area contributed by atoms with Crippen molar-refractivity contribution in [2.75, 3.05) is 7.11 Å². The predicted octanol–water partition coefficient (Wildman–Crippen LogP) is 5.34. The van der Waals surface area contributed by atoms with Crippen LogP contribution in [0, 0.1) is 12.7 Å². The lowest BCUT2D eigenvalue weighted by molar-refractivity contribution is 0.101. The summed E-state index contributed by atoms with van der Waals surface area (Å²) in [5.74, 6) is 1.57. The number of benzene rings is 3. The zero-order valence-corrected chi connectivity index (χ0v) is 16.1. The number of methoxy groups -OCH3 is 1. The summed E-state index contributed by atoms with van der Waals surface area (Å²) in [7, 11) is 1.62. The average molecular weight is 390 g/mol. The van der Waals surface area contributed by atoms with Gasteiger partial charge in [-0.1, -0.05) is 24.3 Å². The molecular weight excluding hydrogens is 371 g/mol. The molecule has 4 rings (SSSR count). The zero-order valence-electron chi connectivity index (χ0n) is 16.1. The third kappa shape index (κ3) is 3.85. The highest BCUT2D eigenvalue weighted by Gasteiger charge is 2.30. The minimum absolute atomic E-state index is 0.202. The molecular formula is C24H19FO4. The quantitative estimate of drug-likeness (QED) is 0.552. The molecule has 1 aliphatic heterocycles. The van der Waals surface area contributed by atoms with Crippen molar-refractivity contribution < 1.29 is 23.4 Å². The van der Waals surface area contributed by atoms with Crippen LogP contribution >= 0.6 is 0 Å². The number of allylic oxidation sites excluding steroid dienone is 1. The van der Waals surface area contributed by atoms with Crippen LogP contribution < -0.4 is 14.2 Å². The van der Waals surface area contributed by atoms with Crippen LogP contribution in [0.1, 0.15) is 27.0 Å². The van der Waals surface area contributed by atoms with Gasteiger partial charge in [-0.3, -0.25) is 4.79 Å². The average Bonchev–Trinajstić information content (AvgIpc) is 3.06. The molecule has 29 heavy (non-hydrogen) atoms. The van der Waals surface area contributed by atoms with Crippen LogP contribution in [0.2, 0.25) is 0 Å². The Morgan fingerprint density at radius 2 is 1.86 bits per heavy atom. The number of halogens is 1. The van der Waals surface area contributed by atoms with Crippen molar-refractivity contribution in [2.24, 2.45) is 0 Å². The Bertz CT molecular complexity index is 1100. The Balaban J connectivity index is 1.55. The van der Waals surface area contributed by atoms with Crippen LogP contribution in [0.4, 0.5) is 4.39 Å². The fourth-order valence-corrected chi connectivity index (χ4v) is 3.16. The standard InChI is InChI=1S/C24H19FO4/c1-15-21(28-14-17-4-3-5-19(12-17)27-2)11-10-20-23(26)22(29-24(15)20)13-16-6-8-18(25)9-7-16/h3-13H,14H2,1-2H3/b22-13-. The number of carbonyl (C=O) groups excluding carboxylic acids is 1. The largest absolute Gasteiger partial charge is 0.497 e. The Morgan fingerprint density at radius 1 is 1.07 bits per heavy atom. The number of hydrogen-bond donors (Lipinski definition) is 0. The topological polar surface area (TPSA) is 44.8 Å². The monoisotopic (exact) mass is 390 g/mol. The van der Waals surface area contributed by atoms with Crippen LogP contribution in [0.25, 0.3) is 6.08 Å². The summed E-state index contributed by atoms with van der Waals surface area (Å²) in [5.41, 5.74) is 2.90. The summed E-state index contributed by atoms with van der Waals surface area (Å²) in [6, 6.07) is 17.0. The summed E-state index contributed by atoms with van der Waals surface area (Å²) >= 11 is 0. The summed E-state index contributed by atoms with van der Waals surface area (Å²) in [5, 5.41) is 0. The van der Waals surface area contributed by atoms with Gasteiger partial charge in [0.2, 0.25) is 5.78 Å². The van der Waals surface area contributed by atoms with Crippen molar-refractivity contribution in [1.82, 2.24) is 0 Å². The van der Waals surface area contributed by atoms with Crippen molar-refractivity contribution in [3.8, 4) is 17.2 Å². The van der Waals surface area contributed by atoms with Crippen molar-refractivity contribution in [1.29, 1.82) is 0 Å². The molecule has 0 unspecified atom stereocenters. The molecule has 0 saturated heterocycles. The van der Waals surface area contributed by atoms with E-state index in [2.05, 4.69) is 0 Å². The number of rotatable bonds is 5. The minimum atomic E-state index is -0.331. The lowest BCUT2D eigenvalue weighted by atomic mass is 10.1. The molecule has 1 heterocycles. The van der Waals surface area contributed by atoms with Gasteiger partial charge < -0.3 is 14.2 Å². The van der Waals surface area contributed by atoms with Gasteiger partial charge in [-0.2, -0.15) is 0 Å². The van der Waals surface area contributed by atoms with Gasteiger partial charge >= 0.3 is 0 Å². The molecule has 0 N–H and O–H groups in total. The van der Waals surface area contributed by atoms with E-state index in [1.165, 1.54) is 12.1 Å². The highest BCUT2D eigenvalue weighted by Crippen LogP contribution is 2.39. The minimum Gasteiger partial charge on any atom is -0.497 e. The summed E-state index contributed by atoms with van der Waals surface area (Å²) in [6.45, 7) is 2.22. The van der Waals surface area contributed by atoms with E-state index in [0.29, 0.717) is 29.2 Å². The van der Waals surface area contributed by atoms with Gasteiger partial charge in [0.15, 0.2) is 5.76 Å². The Labute approximate surface area is 168 Å². The van der Waals surface area contributed by atoms with Gasteiger partial charge in [-0.25, -0.2) is 4.39 Å². The Morgan fingerprint density at radius 3 is 2.62 bits per heavy atom. The molecule has 5 heteroatoms. The first-order valence-electron chi connectivity index (χ1n) is 9.14. The third-order valence-electron chi connectivity index (χ3n) is 4.73. The van der Waals surface area contributed by atoms with E-state index in [-0.39, 0.29) is 17.4 Å². The predicted molar refractivity (Wildman–Crippen MR) is 108 cm³/mol. The second kappa shape index (κ2) is 7.80. The van der Waals surface area contributed by atoms with Crippen molar-refractivity contribution in [3.63, 3.8) is 0 Å². The number of ketones is 1. The first-order chi connectivity index (χ1) is 14.0. The molecule has 0 atom stereocenters. The fraction of sp³-hybridized carbons (Fsp3) is 0.125. The van der Waals surface area contributed by atoms with Gasteiger partial charge in [0.1, 0.15) is 29.7 Å². The first kappa shape index (κ1) is 18.7. The molecule has 0 aliphatic carbocycles. The fourth-order valence-electron chi connectivity index (χ4n) is 3.16. The third-order valence-corrected chi connectivity index (χ3v) is 4.73. The number of ether oxygens (including phenoxy) is 3. The van der Waals surface area contributed by atoms with Gasteiger partial charge in [0, 0.05) is 5.56 Å². The van der Waals surface area contributed by atoms with E-state index >= 15 is 0 Å². The van der Waals surface area contributed by atoms with E-state index < -0.39 is 0 Å². The number of fused-ring (bicyclic) bond motifs is 1. The second-order valence-corrected chi connectivity index (χ2v) is 6.70. The van der Waals surface area contributed by atoms with Gasteiger partial charge in [-0.15, -0.1) is 0 Å². The number of hydrogen-bond acceptors (Lipinski definition) is 4. The number of Topliss-reactive ketones (excluding diaryl/α,β-unsaturated/α-hetero) is 1. The molecule has 4 nitrogen and oxygen atoms in total. The molecule has 3 aromatic rings. The smallest absolute Gasteiger partial charge is 0.231 e. The van der Waals surface area contributed by atoms with E-state index in [9.17, 15) is 9.18 Å². The van der Waals surface area contributed by atoms with E-state index in [0.717, 1.165) is 16.9 Å². The normalized spacial score (nSPS) is 13.9. The molecule has 0 saturated carbocycles. The molecule has 0 radical (unpaired) electrons. The van der Waals surface area contributed by atoms with Crippen molar-refractivity contribution in [2.45, 2.75) is 13.5 Å². The maximum atomic E-state index is 13.1. The van der Waals surface area contributed by atoms with Gasteiger partial charge in [0.25, 0.3) is 0 Å². The lowest BCUT2D eigenvalue weighted by Gasteiger charge is -2.12. The molecule has 3 aromatic carbocycles. The molecule has 0 fully saturated rings. The maximum Gasteiger partial charge on any atom is 0.231 e. The van der Waals surface area contributed by atoms with Crippen LogP contribution in [0.5, 0.6) is 17.2 Å². The highest BCUT2D eigenvalue weighted by atomic mass is 19.1. The van der Waals surface area contributed by atoms with Gasteiger partial charge in [-0.05, 0) is 60.5 Å². The van der Waals surface area contributed by atoms with E-state index in [1.807, 2.05) is 31.2 Å². The van der Waals surface area contributed by atoms with Crippen LogP contribution in [-0.4, -0.2) is 12.9 Å². The molecule has 1 aliphatic rings. The molecule has 146 valence electrons. The Kier molecular flexibility index (Phi) is 5.04. The molecule has 0 bridgehead atoms. The molecule has 0 aromatic heterocycles. The van der Waals surface area contributed by atoms with Gasteiger partial charge in [0.05, 0.1) is 12.7 Å². The first-order valence-corrected chi connectivity index (χ1v) is 9.14. The van der Waals surface area contributed by atoms with E-state index in [1.54, 1.807) is 37.5 Å². The highest BCUT2D eigenvalue weighted by molar-refractivity contribution is 6.14. The summed E-state index contributed by atoms with van der Waals surface area (Å²) < 4.78 is 30.1. The van der Waals surface area contributed by atoms with E-state index in [4.69, 9.17) is 14.2 Å². The Hall–Kier alpha value is -3.60. The molecule has 0 amide bonds. The van der Waals surface area contributed by atoms with Crippen LogP contribution in [-0.2, 0) is 6.61 Å². The summed E-state index contributed by atoms with van der Waals surface area (Å²) in [4.78, 5) is 12.7. The number of carbonyl (C=O) groups is 1. The van der Waals surface area contributed by atoms with Crippen molar-refractivity contribution in [3.05, 3.63) is 94.5 Å².